The lowest BCUT2D eigenvalue weighted by atomic mass is 9.60. The molecule has 0 heteroatoms. The van der Waals surface area contributed by atoms with Crippen LogP contribution in [0, 0.1) is 59.2 Å². The van der Waals surface area contributed by atoms with Gasteiger partial charge in [-0.3, -0.25) is 0 Å². The van der Waals surface area contributed by atoms with Crippen LogP contribution in [0.1, 0.15) is 72.6 Å². The second-order valence-electron chi connectivity index (χ2n) is 8.54. The van der Waals surface area contributed by atoms with E-state index in [1.165, 1.54) is 59.2 Å². The van der Waals surface area contributed by atoms with Crippen LogP contribution in [0.2, 0.25) is 0 Å². The first-order valence-electron chi connectivity index (χ1n) is 10.4. The van der Waals surface area contributed by atoms with Crippen molar-refractivity contribution >= 4 is 0 Å². The van der Waals surface area contributed by atoms with Crippen molar-refractivity contribution in [2.24, 2.45) is 59.2 Å². The van der Waals surface area contributed by atoms with Gasteiger partial charge >= 0.3 is 0 Å². The fraction of sp³-hybridized carbons (Fsp3) is 1.00. The summed E-state index contributed by atoms with van der Waals surface area (Å²) >= 11 is 0. The number of fused-ring (bicyclic) bond motifs is 16. The molecular formula is C21H36. The van der Waals surface area contributed by atoms with Crippen molar-refractivity contribution in [3.8, 4) is 0 Å². The van der Waals surface area contributed by atoms with Gasteiger partial charge in [0.15, 0.2) is 0 Å². The van der Waals surface area contributed by atoms with Crippen molar-refractivity contribution in [3.05, 3.63) is 0 Å². The van der Waals surface area contributed by atoms with E-state index in [1.807, 2.05) is 27.7 Å². The van der Waals surface area contributed by atoms with Gasteiger partial charge in [-0.2, -0.15) is 0 Å². The van der Waals surface area contributed by atoms with Crippen molar-refractivity contribution in [3.63, 3.8) is 0 Å². The lowest BCUT2D eigenvalue weighted by Crippen LogP contribution is -2.40. The van der Waals surface area contributed by atoms with E-state index in [-0.39, 0.29) is 0 Å². The molecule has 0 aromatic heterocycles. The maximum atomic E-state index is 2.00. The molecule has 6 bridgehead atoms. The van der Waals surface area contributed by atoms with Gasteiger partial charge in [-0.1, -0.05) is 27.7 Å². The minimum absolute atomic E-state index is 1.21. The molecule has 0 nitrogen and oxygen atoms in total. The Morgan fingerprint density at radius 2 is 0.714 bits per heavy atom. The van der Waals surface area contributed by atoms with E-state index in [0.717, 1.165) is 0 Å². The van der Waals surface area contributed by atoms with Gasteiger partial charge in [0.25, 0.3) is 0 Å². The molecule has 0 N–H and O–H groups in total. The molecule has 0 saturated heterocycles. The zero-order valence-corrected chi connectivity index (χ0v) is 14.7. The van der Waals surface area contributed by atoms with Crippen molar-refractivity contribution < 1.29 is 0 Å². The molecule has 0 aromatic rings. The highest BCUT2D eigenvalue weighted by molar-refractivity contribution is 5.18. The molecule has 0 radical (unpaired) electrons. The fourth-order valence-electron chi connectivity index (χ4n) is 8.76. The number of hydrogen-bond acceptors (Lipinski definition) is 0. The van der Waals surface area contributed by atoms with Crippen LogP contribution in [0.3, 0.4) is 0 Å². The quantitative estimate of drug-likeness (QED) is 0.479. The van der Waals surface area contributed by atoms with Crippen LogP contribution in [0.4, 0.5) is 0 Å². The molecular weight excluding hydrogens is 252 g/mol. The van der Waals surface area contributed by atoms with Crippen LogP contribution in [-0.4, -0.2) is 0 Å². The monoisotopic (exact) mass is 288 g/mol. The van der Waals surface area contributed by atoms with Gasteiger partial charge < -0.3 is 0 Å². The van der Waals surface area contributed by atoms with Crippen molar-refractivity contribution in [2.45, 2.75) is 72.6 Å². The topological polar surface area (TPSA) is 0 Å². The molecule has 0 spiro atoms. The van der Waals surface area contributed by atoms with Gasteiger partial charge in [0, 0.05) is 0 Å². The van der Waals surface area contributed by atoms with Crippen LogP contribution in [-0.2, 0) is 0 Å². The standard InChI is InChI=1S/C17H24.2C2H6/c1-2-9-5-8(1)14-12-7-13(15(9)14)17-11-4-3-10(6-11)16(12)17;2*1-2/h8-17H,1-7H2;2*1-2H3. The molecule has 6 aliphatic rings. The third-order valence-electron chi connectivity index (χ3n) is 8.62. The Morgan fingerprint density at radius 1 is 0.429 bits per heavy atom. The van der Waals surface area contributed by atoms with Crippen molar-refractivity contribution in [1.82, 2.24) is 0 Å². The predicted molar refractivity (Wildman–Crippen MR) is 89.9 cm³/mol. The first-order chi connectivity index (χ1) is 10.4. The van der Waals surface area contributed by atoms with E-state index < -0.39 is 0 Å². The van der Waals surface area contributed by atoms with Crippen molar-refractivity contribution in [2.75, 3.05) is 0 Å². The number of hydrogen-bond donors (Lipinski definition) is 0. The lowest BCUT2D eigenvalue weighted by molar-refractivity contribution is 0.0263. The molecule has 6 rings (SSSR count). The zero-order valence-electron chi connectivity index (χ0n) is 14.7. The highest BCUT2D eigenvalue weighted by Gasteiger charge is 2.70. The van der Waals surface area contributed by atoms with Crippen LogP contribution < -0.4 is 0 Å². The average molecular weight is 289 g/mol. The molecule has 6 aliphatic carbocycles. The lowest BCUT2D eigenvalue weighted by Gasteiger charge is -2.45. The Kier molecular flexibility index (Phi) is 3.66. The van der Waals surface area contributed by atoms with Gasteiger partial charge in [-0.05, 0) is 104 Å². The van der Waals surface area contributed by atoms with E-state index in [9.17, 15) is 0 Å². The Bertz CT molecular complexity index is 317. The van der Waals surface area contributed by atoms with E-state index >= 15 is 0 Å². The number of rotatable bonds is 0. The van der Waals surface area contributed by atoms with E-state index in [4.69, 9.17) is 0 Å². The summed E-state index contributed by atoms with van der Waals surface area (Å²) < 4.78 is 0. The molecule has 8 unspecified atom stereocenters. The maximum Gasteiger partial charge on any atom is -0.0321 e. The smallest absolute Gasteiger partial charge is 0.0321 e. The SMILES string of the molecule is C1CC2CC1C1C3CC(C21)C1C2CCC(C2)C31.CC.CC. The molecule has 0 heterocycles. The Morgan fingerprint density at radius 3 is 1.00 bits per heavy atom. The summed E-state index contributed by atoms with van der Waals surface area (Å²) in [6.45, 7) is 8.00. The van der Waals surface area contributed by atoms with Gasteiger partial charge in [0.05, 0.1) is 0 Å². The summed E-state index contributed by atoms with van der Waals surface area (Å²) in [5.74, 6) is 12.3. The Hall–Kier alpha value is 0. The highest BCUT2D eigenvalue weighted by atomic mass is 14.7. The van der Waals surface area contributed by atoms with E-state index in [0.29, 0.717) is 0 Å². The largest absolute Gasteiger partial charge is 0.0683 e. The third-order valence-corrected chi connectivity index (χ3v) is 8.62. The summed E-state index contributed by atoms with van der Waals surface area (Å²) in [4.78, 5) is 0. The summed E-state index contributed by atoms with van der Waals surface area (Å²) in [5, 5.41) is 0. The molecule has 0 aliphatic heterocycles. The zero-order chi connectivity index (χ0) is 14.7. The van der Waals surface area contributed by atoms with Crippen molar-refractivity contribution in [1.29, 1.82) is 0 Å². The average Bonchev–Trinajstić information content (AvgIpc) is 3.37. The molecule has 0 aromatic carbocycles. The summed E-state index contributed by atoms with van der Waals surface area (Å²) in [6, 6.07) is 0. The summed E-state index contributed by atoms with van der Waals surface area (Å²) in [5.41, 5.74) is 0. The van der Waals surface area contributed by atoms with Crippen LogP contribution in [0.25, 0.3) is 0 Å². The molecule has 8 atom stereocenters. The Labute approximate surface area is 132 Å². The van der Waals surface area contributed by atoms with Gasteiger partial charge in [-0.25, -0.2) is 0 Å². The van der Waals surface area contributed by atoms with Gasteiger partial charge in [-0.15, -0.1) is 0 Å². The molecule has 0 amide bonds. The normalized spacial score (nSPS) is 60.0. The first-order valence-corrected chi connectivity index (χ1v) is 10.4. The maximum absolute atomic E-state index is 2.00. The molecule has 6 fully saturated rings. The molecule has 6 saturated carbocycles. The van der Waals surface area contributed by atoms with E-state index in [1.54, 1.807) is 44.9 Å². The second-order valence-corrected chi connectivity index (χ2v) is 8.54. The van der Waals surface area contributed by atoms with Gasteiger partial charge in [0.1, 0.15) is 0 Å². The molecule has 120 valence electrons. The van der Waals surface area contributed by atoms with Crippen LogP contribution in [0.5, 0.6) is 0 Å². The Balaban J connectivity index is 0.000000269. The second kappa shape index (κ2) is 5.27. The first kappa shape index (κ1) is 14.6. The molecule has 21 heavy (non-hydrogen) atoms. The fourth-order valence-corrected chi connectivity index (χ4v) is 8.76. The van der Waals surface area contributed by atoms with E-state index in [2.05, 4.69) is 0 Å². The predicted octanol–water partition coefficient (Wildman–Crippen LogP) is 6.01. The third kappa shape index (κ3) is 1.69. The van der Waals surface area contributed by atoms with Crippen LogP contribution >= 0.6 is 0 Å². The van der Waals surface area contributed by atoms with Gasteiger partial charge in [0.2, 0.25) is 0 Å². The highest BCUT2D eigenvalue weighted by Crippen LogP contribution is 2.76. The summed E-state index contributed by atoms with van der Waals surface area (Å²) in [6.07, 6.45) is 11.5. The minimum atomic E-state index is 1.21. The minimum Gasteiger partial charge on any atom is -0.0683 e. The van der Waals surface area contributed by atoms with Crippen LogP contribution in [0.15, 0.2) is 0 Å². The summed E-state index contributed by atoms with van der Waals surface area (Å²) in [7, 11) is 0.